The highest BCUT2D eigenvalue weighted by Gasteiger charge is 2.41. The van der Waals surface area contributed by atoms with Gasteiger partial charge >= 0.3 is 6.09 Å². The molecule has 0 aromatic rings. The first kappa shape index (κ1) is 18.0. The normalized spacial score (nSPS) is 23.2. The first-order chi connectivity index (χ1) is 10.2. The minimum absolute atomic E-state index is 0.0850. The molecule has 0 atom stereocenters. The van der Waals surface area contributed by atoms with Crippen molar-refractivity contribution in [3.05, 3.63) is 0 Å². The number of thioether (sulfide) groups is 2. The van der Waals surface area contributed by atoms with Crippen molar-refractivity contribution in [3.8, 4) is 0 Å². The van der Waals surface area contributed by atoms with Crippen molar-refractivity contribution in [1.82, 2.24) is 4.90 Å². The van der Waals surface area contributed by atoms with Crippen LogP contribution in [0.3, 0.4) is 0 Å². The molecule has 4 nitrogen and oxygen atoms in total. The third kappa shape index (κ3) is 4.57. The van der Waals surface area contributed by atoms with E-state index in [0.29, 0.717) is 18.9 Å². The quantitative estimate of drug-likeness (QED) is 0.762. The third-order valence-electron chi connectivity index (χ3n) is 4.01. The Kier molecular flexibility index (Phi) is 5.75. The van der Waals surface area contributed by atoms with Crippen molar-refractivity contribution in [1.29, 1.82) is 0 Å². The molecule has 0 N–H and O–H groups in total. The summed E-state index contributed by atoms with van der Waals surface area (Å²) in [7, 11) is 0. The Bertz CT molecular complexity index is 420. The molecule has 2 saturated heterocycles. The molecule has 2 heterocycles. The number of ketones is 1. The van der Waals surface area contributed by atoms with Crippen LogP contribution in [-0.4, -0.2) is 51.1 Å². The van der Waals surface area contributed by atoms with E-state index >= 15 is 0 Å². The molecule has 0 saturated carbocycles. The van der Waals surface area contributed by atoms with Gasteiger partial charge in [0.2, 0.25) is 0 Å². The fourth-order valence-corrected chi connectivity index (χ4v) is 5.79. The van der Waals surface area contributed by atoms with Crippen LogP contribution in [0, 0.1) is 5.92 Å². The van der Waals surface area contributed by atoms with Gasteiger partial charge in [-0.05, 0) is 58.5 Å². The lowest BCUT2D eigenvalue weighted by Gasteiger charge is -2.37. The van der Waals surface area contributed by atoms with Crippen LogP contribution in [0.15, 0.2) is 0 Å². The van der Waals surface area contributed by atoms with E-state index in [9.17, 15) is 9.59 Å². The summed E-state index contributed by atoms with van der Waals surface area (Å²) < 4.78 is 5.12. The number of carbonyl (C=O) groups is 2. The average Bonchev–Trinajstić information content (AvgIpc) is 2.45. The second-order valence-corrected chi connectivity index (χ2v) is 10.4. The van der Waals surface area contributed by atoms with Gasteiger partial charge in [-0.25, -0.2) is 4.79 Å². The lowest BCUT2D eigenvalue weighted by Crippen LogP contribution is -2.46. The van der Waals surface area contributed by atoms with E-state index in [0.717, 1.165) is 24.3 Å². The predicted octanol–water partition coefficient (Wildman–Crippen LogP) is 3.79. The summed E-state index contributed by atoms with van der Waals surface area (Å²) in [5, 5.41) is 0. The zero-order chi connectivity index (χ0) is 16.4. The van der Waals surface area contributed by atoms with Crippen molar-refractivity contribution in [3.63, 3.8) is 0 Å². The van der Waals surface area contributed by atoms with E-state index in [-0.39, 0.29) is 16.1 Å². The SMILES string of the molecule is CC(C)(C)OC(=O)N1CCC(C(=O)C2(C)SCCCS2)CC1. The van der Waals surface area contributed by atoms with Crippen LogP contribution in [0.1, 0.15) is 47.0 Å². The molecule has 2 aliphatic heterocycles. The smallest absolute Gasteiger partial charge is 0.410 e. The first-order valence-electron chi connectivity index (χ1n) is 8.01. The van der Waals surface area contributed by atoms with Crippen molar-refractivity contribution in [2.24, 2.45) is 5.92 Å². The topological polar surface area (TPSA) is 46.6 Å². The maximum atomic E-state index is 12.8. The minimum atomic E-state index is -0.466. The summed E-state index contributed by atoms with van der Waals surface area (Å²) in [4.78, 5) is 26.6. The van der Waals surface area contributed by atoms with Crippen molar-refractivity contribution in [2.45, 2.75) is 56.6 Å². The molecule has 2 rings (SSSR count). The number of likely N-dealkylation sites (tertiary alicyclic amines) is 1. The summed E-state index contributed by atoms with van der Waals surface area (Å²) >= 11 is 3.58. The molecule has 6 heteroatoms. The molecule has 22 heavy (non-hydrogen) atoms. The summed E-state index contributed by atoms with van der Waals surface area (Å²) in [6, 6.07) is 0. The zero-order valence-electron chi connectivity index (χ0n) is 14.0. The summed E-state index contributed by atoms with van der Waals surface area (Å²) in [5.41, 5.74) is -0.466. The fraction of sp³-hybridized carbons (Fsp3) is 0.875. The largest absolute Gasteiger partial charge is 0.444 e. The van der Waals surface area contributed by atoms with Crippen LogP contribution in [0.2, 0.25) is 0 Å². The molecular weight excluding hydrogens is 318 g/mol. The Morgan fingerprint density at radius 1 is 1.14 bits per heavy atom. The third-order valence-corrected chi connectivity index (χ3v) is 7.21. The van der Waals surface area contributed by atoms with Gasteiger partial charge in [0.1, 0.15) is 9.68 Å². The van der Waals surface area contributed by atoms with Crippen LogP contribution in [0.4, 0.5) is 4.79 Å². The molecule has 126 valence electrons. The van der Waals surface area contributed by atoms with Crippen molar-refractivity contribution >= 4 is 35.4 Å². The number of rotatable bonds is 2. The Balaban J connectivity index is 1.86. The molecule has 0 spiro atoms. The second kappa shape index (κ2) is 7.04. The number of piperidine rings is 1. The van der Waals surface area contributed by atoms with Gasteiger partial charge < -0.3 is 9.64 Å². The maximum absolute atomic E-state index is 12.8. The molecule has 0 aliphatic carbocycles. The van der Waals surface area contributed by atoms with Crippen LogP contribution in [-0.2, 0) is 9.53 Å². The Morgan fingerprint density at radius 3 is 2.18 bits per heavy atom. The lowest BCUT2D eigenvalue weighted by molar-refractivity contribution is -0.124. The standard InChI is InChI=1S/C16H27NO3S2/c1-15(2,3)20-14(19)17-8-6-12(7-9-17)13(18)16(4)21-10-5-11-22-16/h12H,5-11H2,1-4H3. The van der Waals surface area contributed by atoms with E-state index in [1.165, 1.54) is 6.42 Å². The Morgan fingerprint density at radius 2 is 1.68 bits per heavy atom. The van der Waals surface area contributed by atoms with Gasteiger partial charge in [-0.15, -0.1) is 23.5 Å². The van der Waals surface area contributed by atoms with Crippen LogP contribution < -0.4 is 0 Å². The van der Waals surface area contributed by atoms with Gasteiger partial charge in [-0.3, -0.25) is 4.79 Å². The van der Waals surface area contributed by atoms with Crippen LogP contribution >= 0.6 is 23.5 Å². The highest BCUT2D eigenvalue weighted by Crippen LogP contribution is 2.45. The number of carbonyl (C=O) groups excluding carboxylic acids is 2. The molecule has 2 fully saturated rings. The van der Waals surface area contributed by atoms with Gasteiger partial charge in [0.05, 0.1) is 0 Å². The molecule has 0 radical (unpaired) electrons. The molecule has 0 aromatic carbocycles. The molecule has 2 aliphatic rings. The van der Waals surface area contributed by atoms with Crippen LogP contribution in [0.25, 0.3) is 0 Å². The zero-order valence-corrected chi connectivity index (χ0v) is 15.6. The molecule has 0 bridgehead atoms. The number of nitrogens with zero attached hydrogens (tertiary/aromatic N) is 1. The summed E-state index contributed by atoms with van der Waals surface area (Å²) in [5.74, 6) is 2.60. The van der Waals surface area contributed by atoms with Crippen molar-refractivity contribution < 1.29 is 14.3 Å². The van der Waals surface area contributed by atoms with Gasteiger partial charge in [0, 0.05) is 19.0 Å². The molecular formula is C16H27NO3S2. The van der Waals surface area contributed by atoms with E-state index in [2.05, 4.69) is 6.92 Å². The van der Waals surface area contributed by atoms with Crippen LogP contribution in [0.5, 0.6) is 0 Å². The molecule has 1 amide bonds. The molecule has 0 unspecified atom stereocenters. The maximum Gasteiger partial charge on any atom is 0.410 e. The highest BCUT2D eigenvalue weighted by molar-refractivity contribution is 8.19. The Hall–Kier alpha value is -0.360. The molecule has 0 aromatic heterocycles. The van der Waals surface area contributed by atoms with Gasteiger partial charge in [-0.1, -0.05) is 0 Å². The minimum Gasteiger partial charge on any atom is -0.444 e. The highest BCUT2D eigenvalue weighted by atomic mass is 32.2. The summed E-state index contributed by atoms with van der Waals surface area (Å²) in [6.07, 6.45) is 2.45. The van der Waals surface area contributed by atoms with E-state index in [1.807, 2.05) is 20.8 Å². The second-order valence-electron chi connectivity index (χ2n) is 7.10. The monoisotopic (exact) mass is 345 g/mol. The van der Waals surface area contributed by atoms with Crippen molar-refractivity contribution in [2.75, 3.05) is 24.6 Å². The number of hydrogen-bond acceptors (Lipinski definition) is 5. The average molecular weight is 346 g/mol. The Labute approximate surface area is 142 Å². The van der Waals surface area contributed by atoms with E-state index in [1.54, 1.807) is 28.4 Å². The van der Waals surface area contributed by atoms with E-state index in [4.69, 9.17) is 4.74 Å². The van der Waals surface area contributed by atoms with Gasteiger partial charge in [-0.2, -0.15) is 0 Å². The lowest BCUT2D eigenvalue weighted by atomic mass is 9.91. The van der Waals surface area contributed by atoms with E-state index < -0.39 is 5.60 Å². The van der Waals surface area contributed by atoms with Gasteiger partial charge in [0.15, 0.2) is 5.78 Å². The number of ether oxygens (including phenoxy) is 1. The number of amides is 1. The fourth-order valence-electron chi connectivity index (χ4n) is 2.80. The first-order valence-corrected chi connectivity index (χ1v) is 9.98. The number of Topliss-reactive ketones (excluding diaryl/α,β-unsaturated/α-hetero) is 1. The van der Waals surface area contributed by atoms with Gasteiger partial charge in [0.25, 0.3) is 0 Å². The predicted molar refractivity (Wildman–Crippen MR) is 93.5 cm³/mol. The summed E-state index contributed by atoms with van der Waals surface area (Å²) in [6.45, 7) is 8.94. The number of hydrogen-bond donors (Lipinski definition) is 0.